The highest BCUT2D eigenvalue weighted by molar-refractivity contribution is 7.47. The normalized spacial score (nSPS) is 13.8. The first-order valence-electron chi connectivity index (χ1n) is 43.6. The van der Waals surface area contributed by atoms with Gasteiger partial charge < -0.3 is 33.8 Å². The van der Waals surface area contributed by atoms with Gasteiger partial charge in [-0.2, -0.15) is 0 Å². The zero-order valence-electron chi connectivity index (χ0n) is 67.5. The first-order valence-corrected chi connectivity index (χ1v) is 46.6. The van der Waals surface area contributed by atoms with E-state index in [0.29, 0.717) is 25.7 Å². The van der Waals surface area contributed by atoms with Crippen molar-refractivity contribution in [1.82, 2.24) is 0 Å². The minimum Gasteiger partial charge on any atom is -0.462 e. The smallest absolute Gasteiger partial charge is 0.462 e. The number of ether oxygens (including phenoxy) is 4. The molecule has 0 radical (unpaired) electrons. The number of aliphatic hydroxyl groups is 1. The lowest BCUT2D eigenvalue weighted by Gasteiger charge is -2.21. The minimum absolute atomic E-state index is 0.108. The molecule has 0 aromatic carbocycles. The van der Waals surface area contributed by atoms with Crippen LogP contribution in [-0.4, -0.2) is 96.7 Å². The highest BCUT2D eigenvalue weighted by Gasteiger charge is 2.30. The Kier molecular flexibility index (Phi) is 75.4. The fraction of sp³-hybridized carbons (Fsp3) is 0.952. The van der Waals surface area contributed by atoms with Crippen LogP contribution in [0.4, 0.5) is 0 Å². The van der Waals surface area contributed by atoms with Gasteiger partial charge in [0.1, 0.15) is 19.3 Å². The van der Waals surface area contributed by atoms with Gasteiger partial charge in [-0.3, -0.25) is 37.3 Å². The predicted octanol–water partition coefficient (Wildman–Crippen LogP) is 25.6. The third kappa shape index (κ3) is 78.0. The maximum atomic E-state index is 13.1. The summed E-state index contributed by atoms with van der Waals surface area (Å²) in [5, 5.41) is 10.7. The van der Waals surface area contributed by atoms with Crippen molar-refractivity contribution in [3.05, 3.63) is 0 Å². The fourth-order valence-corrected chi connectivity index (χ4v) is 14.7. The summed E-state index contributed by atoms with van der Waals surface area (Å²) in [5.41, 5.74) is 0. The molecule has 0 aliphatic carbocycles. The third-order valence-electron chi connectivity index (χ3n) is 19.8. The van der Waals surface area contributed by atoms with E-state index < -0.39 is 97.5 Å². The number of phosphoric ester groups is 2. The van der Waals surface area contributed by atoms with Crippen LogP contribution in [0.2, 0.25) is 0 Å². The molecule has 0 bridgehead atoms. The number of phosphoric acid groups is 2. The van der Waals surface area contributed by atoms with Crippen molar-refractivity contribution in [1.29, 1.82) is 0 Å². The van der Waals surface area contributed by atoms with Gasteiger partial charge in [-0.15, -0.1) is 0 Å². The van der Waals surface area contributed by atoms with Crippen LogP contribution < -0.4 is 0 Å². The standard InChI is InChI=1S/C84H164O17P2/c1-6-9-12-15-18-21-24-27-30-32-34-36-39-41-47-52-57-62-67-81(86)94-73-79(100-84(89)70-65-60-55-50-43-40-37-35-33-31-28-25-22-19-16-13-10-7-2)75-98-102(90,91)96-71-78(85)72-97-103(92,93)99-76-80(74-95-82(87)68-63-58-53-48-45-44-46-51-56-61-66-77(4)5)101-83(88)69-64-59-54-49-42-38-29-26-23-20-17-14-11-8-3/h77-80,85H,6-76H2,1-5H3,(H,90,91)(H,92,93)/t78-,79-,80-/m1/s1. The zero-order valence-corrected chi connectivity index (χ0v) is 69.3. The molecule has 612 valence electrons. The Morgan fingerprint density at radius 3 is 0.660 bits per heavy atom. The van der Waals surface area contributed by atoms with Crippen LogP contribution >= 0.6 is 15.6 Å². The van der Waals surface area contributed by atoms with Crippen LogP contribution in [0.1, 0.15) is 452 Å². The topological polar surface area (TPSA) is 237 Å². The molecule has 19 heteroatoms. The molecule has 0 aromatic rings. The minimum atomic E-state index is -4.96. The number of carbonyl (C=O) groups is 4. The Balaban J connectivity index is 5.26. The molecule has 0 aliphatic rings. The van der Waals surface area contributed by atoms with E-state index in [2.05, 4.69) is 34.6 Å². The molecule has 0 fully saturated rings. The Morgan fingerprint density at radius 1 is 0.262 bits per heavy atom. The summed E-state index contributed by atoms with van der Waals surface area (Å²) < 4.78 is 68.9. The van der Waals surface area contributed by atoms with Crippen molar-refractivity contribution < 1.29 is 80.2 Å². The SMILES string of the molecule is CCCCCCCCCCCCCCCCCCCCC(=O)OC[C@H](COP(=O)(O)OC[C@@H](O)COP(=O)(O)OC[C@@H](COC(=O)CCCCCCCCCCCCC(C)C)OC(=O)CCCCCCCCCCCCCCCC)OC(=O)CCCCCCCCCCCCCCCCCCCC. The van der Waals surface area contributed by atoms with Crippen molar-refractivity contribution in [2.45, 2.75) is 470 Å². The molecule has 5 atom stereocenters. The summed E-state index contributed by atoms with van der Waals surface area (Å²) in [5.74, 6) is -1.34. The van der Waals surface area contributed by atoms with Gasteiger partial charge in [0, 0.05) is 25.7 Å². The van der Waals surface area contributed by atoms with Gasteiger partial charge in [0.2, 0.25) is 0 Å². The summed E-state index contributed by atoms with van der Waals surface area (Å²) in [6, 6.07) is 0. The van der Waals surface area contributed by atoms with Crippen LogP contribution in [0.25, 0.3) is 0 Å². The van der Waals surface area contributed by atoms with Crippen molar-refractivity contribution in [3.63, 3.8) is 0 Å². The van der Waals surface area contributed by atoms with E-state index in [0.717, 1.165) is 95.8 Å². The Bertz CT molecular complexity index is 1960. The van der Waals surface area contributed by atoms with E-state index in [1.165, 1.54) is 276 Å². The largest absolute Gasteiger partial charge is 0.472 e. The lowest BCUT2D eigenvalue weighted by atomic mass is 10.0. The average molecular weight is 1510 g/mol. The summed E-state index contributed by atoms with van der Waals surface area (Å²) in [6.07, 6.45) is 69.3. The summed E-state index contributed by atoms with van der Waals surface area (Å²) in [6.45, 7) is 7.35. The van der Waals surface area contributed by atoms with Crippen LogP contribution in [0.5, 0.6) is 0 Å². The van der Waals surface area contributed by atoms with E-state index in [1.54, 1.807) is 0 Å². The van der Waals surface area contributed by atoms with Gasteiger partial charge in [0.05, 0.1) is 26.4 Å². The quantitative estimate of drug-likeness (QED) is 0.0222. The molecule has 0 rings (SSSR count). The van der Waals surface area contributed by atoms with E-state index in [1.807, 2.05) is 0 Å². The predicted molar refractivity (Wildman–Crippen MR) is 423 cm³/mol. The van der Waals surface area contributed by atoms with Gasteiger partial charge in [-0.05, 0) is 31.6 Å². The van der Waals surface area contributed by atoms with Crippen LogP contribution in [0.3, 0.4) is 0 Å². The van der Waals surface area contributed by atoms with Crippen LogP contribution in [-0.2, 0) is 65.4 Å². The number of rotatable bonds is 84. The molecule has 0 aliphatic heterocycles. The molecular weight excluding hydrogens is 1340 g/mol. The fourth-order valence-electron chi connectivity index (χ4n) is 13.1. The second-order valence-electron chi connectivity index (χ2n) is 30.7. The lowest BCUT2D eigenvalue weighted by molar-refractivity contribution is -0.161. The van der Waals surface area contributed by atoms with Crippen molar-refractivity contribution in [3.8, 4) is 0 Å². The van der Waals surface area contributed by atoms with Crippen molar-refractivity contribution >= 4 is 39.5 Å². The first kappa shape index (κ1) is 101. The summed E-state index contributed by atoms with van der Waals surface area (Å²) in [4.78, 5) is 73.2. The van der Waals surface area contributed by atoms with E-state index >= 15 is 0 Å². The highest BCUT2D eigenvalue weighted by Crippen LogP contribution is 2.45. The molecule has 0 saturated heterocycles. The molecule has 2 unspecified atom stereocenters. The zero-order chi connectivity index (χ0) is 75.5. The van der Waals surface area contributed by atoms with E-state index in [9.17, 15) is 43.2 Å². The molecule has 103 heavy (non-hydrogen) atoms. The lowest BCUT2D eigenvalue weighted by Crippen LogP contribution is -2.30. The summed E-state index contributed by atoms with van der Waals surface area (Å²) >= 11 is 0. The van der Waals surface area contributed by atoms with Crippen LogP contribution in [0.15, 0.2) is 0 Å². The molecule has 3 N–H and O–H groups in total. The van der Waals surface area contributed by atoms with E-state index in [-0.39, 0.29) is 25.7 Å². The number of carbonyl (C=O) groups excluding carboxylic acids is 4. The van der Waals surface area contributed by atoms with Gasteiger partial charge >= 0.3 is 39.5 Å². The second kappa shape index (κ2) is 76.8. The number of esters is 4. The maximum Gasteiger partial charge on any atom is 0.472 e. The number of hydrogen-bond acceptors (Lipinski definition) is 15. The molecule has 0 heterocycles. The van der Waals surface area contributed by atoms with Crippen LogP contribution in [0, 0.1) is 5.92 Å². The summed E-state index contributed by atoms with van der Waals surface area (Å²) in [7, 11) is -9.92. The van der Waals surface area contributed by atoms with Crippen molar-refractivity contribution in [2.75, 3.05) is 39.6 Å². The van der Waals surface area contributed by atoms with Crippen molar-refractivity contribution in [2.24, 2.45) is 5.92 Å². The third-order valence-corrected chi connectivity index (χ3v) is 21.7. The van der Waals surface area contributed by atoms with E-state index in [4.69, 9.17) is 37.0 Å². The number of unbranched alkanes of at least 4 members (excludes halogenated alkanes) is 56. The monoisotopic (exact) mass is 1510 g/mol. The van der Waals surface area contributed by atoms with Gasteiger partial charge in [0.25, 0.3) is 0 Å². The van der Waals surface area contributed by atoms with Gasteiger partial charge in [0.15, 0.2) is 12.2 Å². The Labute approximate surface area is 632 Å². The molecule has 17 nitrogen and oxygen atoms in total. The average Bonchev–Trinajstić information content (AvgIpc) is 1.46. The number of aliphatic hydroxyl groups excluding tert-OH is 1. The van der Waals surface area contributed by atoms with Gasteiger partial charge in [-0.1, -0.05) is 401 Å². The molecule has 0 amide bonds. The highest BCUT2D eigenvalue weighted by atomic mass is 31.2. The molecule has 0 aromatic heterocycles. The maximum absolute atomic E-state index is 13.1. The molecule has 0 saturated carbocycles. The Hall–Kier alpha value is -1.94. The first-order chi connectivity index (χ1) is 50.0. The molecular formula is C84H164O17P2. The van der Waals surface area contributed by atoms with Gasteiger partial charge in [-0.25, -0.2) is 9.13 Å². The molecule has 0 spiro atoms. The number of hydrogen-bond donors (Lipinski definition) is 3. The Morgan fingerprint density at radius 2 is 0.447 bits per heavy atom. The second-order valence-corrected chi connectivity index (χ2v) is 33.6.